The van der Waals surface area contributed by atoms with Gasteiger partial charge >= 0.3 is 0 Å². The molecule has 6 nitrogen and oxygen atoms in total. The lowest BCUT2D eigenvalue weighted by Gasteiger charge is -2.17. The molecule has 0 aliphatic rings. The predicted molar refractivity (Wildman–Crippen MR) is 78.8 cm³/mol. The quantitative estimate of drug-likeness (QED) is 0.672. The molecule has 0 atom stereocenters. The van der Waals surface area contributed by atoms with Crippen LogP contribution in [0.15, 0.2) is 0 Å². The highest BCUT2D eigenvalue weighted by atomic mass is 32.1. The molecule has 2 N–H and O–H groups in total. The molecule has 0 aromatic carbocycles. The highest BCUT2D eigenvalue weighted by Crippen LogP contribution is 2.14. The third-order valence-corrected chi connectivity index (χ3v) is 3.66. The molecular formula is C12H23N5OS. The summed E-state index contributed by atoms with van der Waals surface area (Å²) in [6.07, 6.45) is 0.951. The zero-order valence-corrected chi connectivity index (χ0v) is 12.7. The van der Waals surface area contributed by atoms with Crippen molar-refractivity contribution < 1.29 is 4.79 Å². The Hall–Kier alpha value is -1.21. The van der Waals surface area contributed by atoms with Crippen LogP contribution in [0.5, 0.6) is 0 Å². The van der Waals surface area contributed by atoms with Crippen LogP contribution in [0, 0.1) is 0 Å². The summed E-state index contributed by atoms with van der Waals surface area (Å²) in [6.45, 7) is 10.8. The van der Waals surface area contributed by atoms with E-state index in [0.29, 0.717) is 16.7 Å². The number of amides is 1. The third-order valence-electron chi connectivity index (χ3n) is 2.78. The second-order valence-corrected chi connectivity index (χ2v) is 5.06. The molecule has 0 saturated heterocycles. The number of hydrogen-bond donors (Lipinski definition) is 2. The number of carbonyl (C=O) groups excluding carboxylic acids is 1. The summed E-state index contributed by atoms with van der Waals surface area (Å²) in [4.78, 5) is 14.1. The van der Waals surface area contributed by atoms with Gasteiger partial charge in [-0.05, 0) is 33.0 Å². The molecule has 1 aromatic rings. The van der Waals surface area contributed by atoms with E-state index in [1.807, 2.05) is 6.92 Å². The Kier molecular flexibility index (Phi) is 7.35. The Morgan fingerprint density at radius 1 is 1.26 bits per heavy atom. The van der Waals surface area contributed by atoms with Crippen LogP contribution < -0.4 is 10.6 Å². The van der Waals surface area contributed by atoms with Gasteiger partial charge in [0.1, 0.15) is 0 Å². The molecule has 108 valence electrons. The summed E-state index contributed by atoms with van der Waals surface area (Å²) >= 11 is 1.28. The molecule has 7 heteroatoms. The standard InChI is InChI=1S/C12H23N5OS/c1-4-13-12-16-15-11(19-12)10(18)14-8-7-9-17(5-2)6-3/h4-9H2,1-3H3,(H,13,16)(H,14,18). The smallest absolute Gasteiger partial charge is 0.282 e. The number of aromatic nitrogens is 2. The molecule has 0 spiro atoms. The zero-order chi connectivity index (χ0) is 14.1. The van der Waals surface area contributed by atoms with Gasteiger partial charge in [0.25, 0.3) is 5.91 Å². The van der Waals surface area contributed by atoms with Gasteiger partial charge in [-0.15, -0.1) is 10.2 Å². The molecule has 1 amide bonds. The molecule has 1 aromatic heterocycles. The first-order chi connectivity index (χ1) is 9.21. The molecule has 0 unspecified atom stereocenters. The van der Waals surface area contributed by atoms with Crippen molar-refractivity contribution in [1.82, 2.24) is 20.4 Å². The van der Waals surface area contributed by atoms with Crippen LogP contribution in [0.2, 0.25) is 0 Å². The summed E-state index contributed by atoms with van der Waals surface area (Å²) < 4.78 is 0. The Morgan fingerprint density at radius 2 is 2.00 bits per heavy atom. The Morgan fingerprint density at radius 3 is 2.63 bits per heavy atom. The van der Waals surface area contributed by atoms with Crippen molar-refractivity contribution in [3.05, 3.63) is 5.01 Å². The van der Waals surface area contributed by atoms with E-state index >= 15 is 0 Å². The van der Waals surface area contributed by atoms with Gasteiger partial charge in [-0.1, -0.05) is 25.2 Å². The summed E-state index contributed by atoms with van der Waals surface area (Å²) in [7, 11) is 0. The van der Waals surface area contributed by atoms with Gasteiger partial charge < -0.3 is 15.5 Å². The number of nitrogens with one attached hydrogen (secondary N) is 2. The maximum atomic E-state index is 11.8. The fourth-order valence-electron chi connectivity index (χ4n) is 1.66. The van der Waals surface area contributed by atoms with E-state index in [9.17, 15) is 4.79 Å². The van der Waals surface area contributed by atoms with Gasteiger partial charge in [0.2, 0.25) is 10.1 Å². The summed E-state index contributed by atoms with van der Waals surface area (Å²) in [5.74, 6) is -0.138. The lowest BCUT2D eigenvalue weighted by atomic mass is 10.3. The zero-order valence-electron chi connectivity index (χ0n) is 11.9. The summed E-state index contributed by atoms with van der Waals surface area (Å²) in [5, 5.41) is 14.8. The van der Waals surface area contributed by atoms with Crippen molar-refractivity contribution in [2.75, 3.05) is 38.0 Å². The average molecular weight is 285 g/mol. The Labute approximate surface area is 118 Å². The number of hydrogen-bond acceptors (Lipinski definition) is 6. The van der Waals surface area contributed by atoms with Crippen LogP contribution in [-0.4, -0.2) is 53.7 Å². The highest BCUT2D eigenvalue weighted by molar-refractivity contribution is 7.17. The molecule has 1 heterocycles. The highest BCUT2D eigenvalue weighted by Gasteiger charge is 2.11. The lowest BCUT2D eigenvalue weighted by Crippen LogP contribution is -2.29. The molecule has 0 radical (unpaired) electrons. The molecule has 1 rings (SSSR count). The molecule has 0 bridgehead atoms. The maximum Gasteiger partial charge on any atom is 0.282 e. The van der Waals surface area contributed by atoms with Crippen molar-refractivity contribution in [3.8, 4) is 0 Å². The molecular weight excluding hydrogens is 262 g/mol. The predicted octanol–water partition coefficient (Wildman–Crippen LogP) is 1.43. The summed E-state index contributed by atoms with van der Waals surface area (Å²) in [6, 6.07) is 0. The van der Waals surface area contributed by atoms with Crippen LogP contribution in [0.4, 0.5) is 5.13 Å². The average Bonchev–Trinajstić information content (AvgIpc) is 2.88. The Balaban J connectivity index is 2.26. The number of nitrogens with zero attached hydrogens (tertiary/aromatic N) is 3. The van der Waals surface area contributed by atoms with E-state index in [1.54, 1.807) is 0 Å². The molecule has 0 saturated carbocycles. The topological polar surface area (TPSA) is 70.1 Å². The minimum atomic E-state index is -0.138. The van der Waals surface area contributed by atoms with Gasteiger partial charge in [-0.2, -0.15) is 0 Å². The largest absolute Gasteiger partial charge is 0.360 e. The first-order valence-corrected chi connectivity index (χ1v) is 7.60. The van der Waals surface area contributed by atoms with Crippen LogP contribution >= 0.6 is 11.3 Å². The second-order valence-electron chi connectivity index (χ2n) is 4.08. The molecule has 19 heavy (non-hydrogen) atoms. The van der Waals surface area contributed by atoms with Crippen molar-refractivity contribution in [3.63, 3.8) is 0 Å². The van der Waals surface area contributed by atoms with Gasteiger partial charge in [0.05, 0.1) is 0 Å². The third kappa shape index (κ3) is 5.52. The lowest BCUT2D eigenvalue weighted by molar-refractivity contribution is 0.0950. The fraction of sp³-hybridized carbons (Fsp3) is 0.750. The van der Waals surface area contributed by atoms with Crippen molar-refractivity contribution in [2.45, 2.75) is 27.2 Å². The first-order valence-electron chi connectivity index (χ1n) is 6.79. The second kappa shape index (κ2) is 8.82. The van der Waals surface area contributed by atoms with Crippen LogP contribution in [0.3, 0.4) is 0 Å². The minimum absolute atomic E-state index is 0.138. The minimum Gasteiger partial charge on any atom is -0.360 e. The van der Waals surface area contributed by atoms with E-state index in [1.165, 1.54) is 11.3 Å². The Bertz CT molecular complexity index is 378. The van der Waals surface area contributed by atoms with Crippen molar-refractivity contribution in [2.24, 2.45) is 0 Å². The monoisotopic (exact) mass is 285 g/mol. The first kappa shape index (κ1) is 15.8. The van der Waals surface area contributed by atoms with E-state index in [0.717, 1.165) is 32.6 Å². The van der Waals surface area contributed by atoms with Gasteiger partial charge in [-0.25, -0.2) is 0 Å². The van der Waals surface area contributed by atoms with Crippen LogP contribution in [-0.2, 0) is 0 Å². The van der Waals surface area contributed by atoms with Gasteiger partial charge in [0.15, 0.2) is 0 Å². The summed E-state index contributed by atoms with van der Waals surface area (Å²) in [5.41, 5.74) is 0. The SMILES string of the molecule is CCNc1nnc(C(=O)NCCCN(CC)CC)s1. The molecule has 0 fully saturated rings. The molecule has 0 aliphatic carbocycles. The van der Waals surface area contributed by atoms with Gasteiger partial charge in [0, 0.05) is 13.1 Å². The van der Waals surface area contributed by atoms with Crippen molar-refractivity contribution in [1.29, 1.82) is 0 Å². The van der Waals surface area contributed by atoms with Crippen LogP contribution in [0.25, 0.3) is 0 Å². The number of rotatable bonds is 9. The number of anilines is 1. The van der Waals surface area contributed by atoms with E-state index in [-0.39, 0.29) is 5.91 Å². The van der Waals surface area contributed by atoms with Gasteiger partial charge in [-0.3, -0.25) is 4.79 Å². The van der Waals surface area contributed by atoms with Crippen molar-refractivity contribution >= 4 is 22.4 Å². The normalized spacial score (nSPS) is 10.7. The fourth-order valence-corrected chi connectivity index (χ4v) is 2.39. The molecule has 0 aliphatic heterocycles. The van der Waals surface area contributed by atoms with E-state index < -0.39 is 0 Å². The van der Waals surface area contributed by atoms with Crippen LogP contribution in [0.1, 0.15) is 37.0 Å². The van der Waals surface area contributed by atoms with E-state index in [4.69, 9.17) is 0 Å². The van der Waals surface area contributed by atoms with E-state index in [2.05, 4.69) is 39.6 Å². The number of carbonyl (C=O) groups is 1. The maximum absolute atomic E-state index is 11.8.